The van der Waals surface area contributed by atoms with E-state index in [2.05, 4.69) is 37.9 Å². The van der Waals surface area contributed by atoms with Crippen molar-refractivity contribution in [1.82, 2.24) is 5.32 Å². The lowest BCUT2D eigenvalue weighted by atomic mass is 10.1. The zero-order chi connectivity index (χ0) is 8.27. The van der Waals surface area contributed by atoms with E-state index in [1.807, 2.05) is 6.08 Å². The smallest absolute Gasteiger partial charge is 0.0332 e. The third kappa shape index (κ3) is 1.73. The van der Waals surface area contributed by atoms with E-state index in [0.717, 1.165) is 6.42 Å². The van der Waals surface area contributed by atoms with Gasteiger partial charge in [0.2, 0.25) is 0 Å². The van der Waals surface area contributed by atoms with Gasteiger partial charge in [0.25, 0.3) is 0 Å². The van der Waals surface area contributed by atoms with Crippen molar-refractivity contribution in [2.45, 2.75) is 26.3 Å². The van der Waals surface area contributed by atoms with Crippen LogP contribution in [-0.4, -0.2) is 6.04 Å². The summed E-state index contributed by atoms with van der Waals surface area (Å²) < 4.78 is 0. The predicted molar refractivity (Wildman–Crippen MR) is 49.3 cm³/mol. The molecule has 0 aromatic carbocycles. The first kappa shape index (κ1) is 8.12. The van der Waals surface area contributed by atoms with Gasteiger partial charge in [0, 0.05) is 11.7 Å². The lowest BCUT2D eigenvalue weighted by molar-refractivity contribution is 0.692. The Kier molecular flexibility index (Phi) is 2.53. The minimum absolute atomic E-state index is 0.576. The van der Waals surface area contributed by atoms with Gasteiger partial charge in [-0.3, -0.25) is 0 Å². The molecule has 1 heteroatoms. The second-order valence-electron chi connectivity index (χ2n) is 2.88. The van der Waals surface area contributed by atoms with Gasteiger partial charge in [0.15, 0.2) is 0 Å². The molecule has 0 spiro atoms. The molecule has 0 radical (unpaired) electrons. The Morgan fingerprint density at radius 1 is 1.64 bits per heavy atom. The molecule has 60 valence electrons. The number of rotatable bonds is 1. The van der Waals surface area contributed by atoms with E-state index < -0.39 is 0 Å². The Labute approximate surface area is 68.5 Å². The fraction of sp³-hybridized carbons (Fsp3) is 0.400. The highest BCUT2D eigenvalue weighted by atomic mass is 15.0. The molecule has 1 unspecified atom stereocenters. The van der Waals surface area contributed by atoms with Crippen LogP contribution in [0.3, 0.4) is 0 Å². The average molecular weight is 149 g/mol. The maximum absolute atomic E-state index is 3.69. The van der Waals surface area contributed by atoms with Crippen molar-refractivity contribution in [3.63, 3.8) is 0 Å². The Morgan fingerprint density at radius 3 is 2.91 bits per heavy atom. The van der Waals surface area contributed by atoms with Crippen molar-refractivity contribution < 1.29 is 0 Å². The van der Waals surface area contributed by atoms with Crippen molar-refractivity contribution in [1.29, 1.82) is 0 Å². The molecule has 0 bridgehead atoms. The molecule has 0 saturated carbocycles. The van der Waals surface area contributed by atoms with Crippen LogP contribution in [0.4, 0.5) is 0 Å². The van der Waals surface area contributed by atoms with Crippen LogP contribution in [-0.2, 0) is 0 Å². The minimum atomic E-state index is 0.576. The zero-order valence-electron chi connectivity index (χ0n) is 7.22. The largest absolute Gasteiger partial charge is 0.382 e. The van der Waals surface area contributed by atoms with Crippen LogP contribution in [0.1, 0.15) is 20.3 Å². The Morgan fingerprint density at radius 2 is 2.36 bits per heavy atom. The molecule has 1 aliphatic rings. The molecule has 1 atom stereocenters. The van der Waals surface area contributed by atoms with Gasteiger partial charge in [0.1, 0.15) is 0 Å². The molecule has 0 aromatic rings. The standard InChI is InChI=1S/C10H15N/c1-4-6-9-7-8(3)11-10(9)5-2/h4-6,8,11H,1,7H2,2-3H3/b9-6-,10-5+. The fourth-order valence-electron chi connectivity index (χ4n) is 1.42. The van der Waals surface area contributed by atoms with Crippen molar-refractivity contribution in [2.24, 2.45) is 0 Å². The van der Waals surface area contributed by atoms with Crippen LogP contribution in [0.15, 0.2) is 36.1 Å². The first-order valence-electron chi connectivity index (χ1n) is 4.02. The molecule has 1 rings (SSSR count). The van der Waals surface area contributed by atoms with Crippen LogP contribution in [0.2, 0.25) is 0 Å². The maximum Gasteiger partial charge on any atom is 0.0332 e. The van der Waals surface area contributed by atoms with E-state index in [1.54, 1.807) is 0 Å². The normalized spacial score (nSPS) is 30.9. The summed E-state index contributed by atoms with van der Waals surface area (Å²) in [5.74, 6) is 0. The van der Waals surface area contributed by atoms with Crippen LogP contribution < -0.4 is 5.32 Å². The van der Waals surface area contributed by atoms with Gasteiger partial charge in [-0.05, 0) is 25.8 Å². The second-order valence-corrected chi connectivity index (χ2v) is 2.88. The molecular weight excluding hydrogens is 134 g/mol. The summed E-state index contributed by atoms with van der Waals surface area (Å²) in [4.78, 5) is 0. The fourth-order valence-corrected chi connectivity index (χ4v) is 1.42. The summed E-state index contributed by atoms with van der Waals surface area (Å²) in [6, 6.07) is 0.576. The molecule has 1 nitrogen and oxygen atoms in total. The predicted octanol–water partition coefficient (Wildman–Crippen LogP) is 2.38. The van der Waals surface area contributed by atoms with Crippen LogP contribution in [0.5, 0.6) is 0 Å². The molecule has 1 heterocycles. The van der Waals surface area contributed by atoms with Crippen molar-refractivity contribution >= 4 is 0 Å². The van der Waals surface area contributed by atoms with Crippen LogP contribution >= 0.6 is 0 Å². The molecule has 0 aliphatic carbocycles. The SMILES string of the molecule is C=C/C=C1/CC(C)N/C1=C/C. The van der Waals surface area contributed by atoms with Gasteiger partial charge < -0.3 is 5.32 Å². The average Bonchev–Trinajstić information content (AvgIpc) is 2.32. The van der Waals surface area contributed by atoms with Crippen molar-refractivity contribution in [2.75, 3.05) is 0 Å². The lowest BCUT2D eigenvalue weighted by Gasteiger charge is -2.00. The number of hydrogen-bond donors (Lipinski definition) is 1. The van der Waals surface area contributed by atoms with E-state index >= 15 is 0 Å². The van der Waals surface area contributed by atoms with Gasteiger partial charge in [-0.1, -0.05) is 24.8 Å². The van der Waals surface area contributed by atoms with Gasteiger partial charge in [0.05, 0.1) is 0 Å². The van der Waals surface area contributed by atoms with Crippen LogP contribution in [0, 0.1) is 0 Å². The van der Waals surface area contributed by atoms with Gasteiger partial charge in [-0.25, -0.2) is 0 Å². The Bertz CT molecular complexity index is 211. The summed E-state index contributed by atoms with van der Waals surface area (Å²) in [5.41, 5.74) is 2.63. The molecule has 1 N–H and O–H groups in total. The van der Waals surface area contributed by atoms with E-state index in [1.165, 1.54) is 11.3 Å². The van der Waals surface area contributed by atoms with Gasteiger partial charge >= 0.3 is 0 Å². The molecule has 0 amide bonds. The molecule has 1 fully saturated rings. The van der Waals surface area contributed by atoms with Crippen molar-refractivity contribution in [3.8, 4) is 0 Å². The first-order valence-corrected chi connectivity index (χ1v) is 4.02. The topological polar surface area (TPSA) is 12.0 Å². The van der Waals surface area contributed by atoms with Crippen LogP contribution in [0.25, 0.3) is 0 Å². The summed E-state index contributed by atoms with van der Waals surface area (Å²) in [5, 5.41) is 3.38. The summed E-state index contributed by atoms with van der Waals surface area (Å²) in [6.07, 6.45) is 7.15. The minimum Gasteiger partial charge on any atom is -0.382 e. The quantitative estimate of drug-likeness (QED) is 0.603. The Hall–Kier alpha value is -0.980. The monoisotopic (exact) mass is 149 g/mol. The molecular formula is C10H15N. The van der Waals surface area contributed by atoms with E-state index in [9.17, 15) is 0 Å². The molecule has 0 aromatic heterocycles. The van der Waals surface area contributed by atoms with E-state index in [0.29, 0.717) is 6.04 Å². The summed E-state index contributed by atoms with van der Waals surface area (Å²) in [6.45, 7) is 7.93. The number of nitrogens with one attached hydrogen (secondary N) is 1. The second kappa shape index (κ2) is 3.42. The maximum atomic E-state index is 3.69. The summed E-state index contributed by atoms with van der Waals surface area (Å²) >= 11 is 0. The van der Waals surface area contributed by atoms with Crippen molar-refractivity contribution in [3.05, 3.63) is 36.1 Å². The summed E-state index contributed by atoms with van der Waals surface area (Å²) in [7, 11) is 0. The van der Waals surface area contributed by atoms with E-state index in [4.69, 9.17) is 0 Å². The third-order valence-corrected chi connectivity index (χ3v) is 1.88. The highest BCUT2D eigenvalue weighted by molar-refractivity contribution is 5.36. The first-order chi connectivity index (χ1) is 5.27. The lowest BCUT2D eigenvalue weighted by Crippen LogP contribution is -2.14. The van der Waals surface area contributed by atoms with E-state index in [-0.39, 0.29) is 0 Å². The van der Waals surface area contributed by atoms with Gasteiger partial charge in [-0.2, -0.15) is 0 Å². The Balaban J connectivity index is 2.81. The molecule has 11 heavy (non-hydrogen) atoms. The third-order valence-electron chi connectivity index (χ3n) is 1.88. The zero-order valence-corrected chi connectivity index (χ0v) is 7.22. The highest BCUT2D eigenvalue weighted by Gasteiger charge is 2.17. The number of hydrogen-bond acceptors (Lipinski definition) is 1. The molecule has 1 saturated heterocycles. The highest BCUT2D eigenvalue weighted by Crippen LogP contribution is 2.22. The number of allylic oxidation sites excluding steroid dienone is 4. The van der Waals surface area contributed by atoms with Gasteiger partial charge in [-0.15, -0.1) is 0 Å². The molecule has 1 aliphatic heterocycles.